The van der Waals surface area contributed by atoms with E-state index in [-0.39, 0.29) is 24.6 Å². The van der Waals surface area contributed by atoms with E-state index in [1.807, 2.05) is 18.0 Å². The van der Waals surface area contributed by atoms with E-state index in [0.717, 1.165) is 38.9 Å². The topological polar surface area (TPSA) is 84.6 Å². The van der Waals surface area contributed by atoms with Crippen LogP contribution >= 0.6 is 0 Å². The van der Waals surface area contributed by atoms with Crippen LogP contribution in [0.4, 0.5) is 5.69 Å². The Balaban J connectivity index is 1.42. The van der Waals surface area contributed by atoms with Gasteiger partial charge in [-0.05, 0) is 38.7 Å². The van der Waals surface area contributed by atoms with Gasteiger partial charge in [-0.15, -0.1) is 0 Å². The SMILES string of the molecule is Cc1nc(OCC(=O)N(C)C2CCN(CCc3ccccc3)CC2)nc(C)c1N. The van der Waals surface area contributed by atoms with Crippen molar-refractivity contribution in [3.63, 3.8) is 0 Å². The molecule has 1 saturated heterocycles. The molecule has 7 heteroatoms. The molecule has 1 aromatic heterocycles. The highest BCUT2D eigenvalue weighted by atomic mass is 16.5. The van der Waals surface area contributed by atoms with Gasteiger partial charge in [-0.3, -0.25) is 4.79 Å². The predicted octanol–water partition coefficient (Wildman–Crippen LogP) is 2.22. The molecule has 0 radical (unpaired) electrons. The number of likely N-dealkylation sites (N-methyl/N-ethyl adjacent to an activating group) is 1. The van der Waals surface area contributed by atoms with E-state index in [0.29, 0.717) is 17.1 Å². The summed E-state index contributed by atoms with van der Waals surface area (Å²) >= 11 is 0. The van der Waals surface area contributed by atoms with Gasteiger partial charge >= 0.3 is 6.01 Å². The normalized spacial score (nSPS) is 15.3. The van der Waals surface area contributed by atoms with Crippen LogP contribution in [-0.4, -0.2) is 65.0 Å². The van der Waals surface area contributed by atoms with Gasteiger partial charge in [0.05, 0.1) is 17.1 Å². The van der Waals surface area contributed by atoms with Gasteiger partial charge in [-0.25, -0.2) is 0 Å². The number of hydrogen-bond donors (Lipinski definition) is 1. The summed E-state index contributed by atoms with van der Waals surface area (Å²) in [5, 5.41) is 0. The zero-order chi connectivity index (χ0) is 20.8. The molecule has 1 aliphatic rings. The molecule has 2 N–H and O–H groups in total. The highest BCUT2D eigenvalue weighted by Crippen LogP contribution is 2.18. The van der Waals surface area contributed by atoms with Crippen LogP contribution in [0.3, 0.4) is 0 Å². The Morgan fingerprint density at radius 1 is 1.17 bits per heavy atom. The third kappa shape index (κ3) is 5.67. The summed E-state index contributed by atoms with van der Waals surface area (Å²) in [6, 6.07) is 11.0. The molecule has 0 spiro atoms. The number of ether oxygens (including phenoxy) is 1. The van der Waals surface area contributed by atoms with Gasteiger partial charge in [-0.2, -0.15) is 9.97 Å². The van der Waals surface area contributed by atoms with Crippen molar-refractivity contribution in [1.29, 1.82) is 0 Å². The standard InChI is InChI=1S/C22H31N5O2/c1-16-21(23)17(2)25-22(24-16)29-15-20(28)26(3)19-10-13-27(14-11-19)12-9-18-7-5-4-6-8-18/h4-8,19H,9-15,23H2,1-3H3. The van der Waals surface area contributed by atoms with E-state index in [2.05, 4.69) is 39.1 Å². The monoisotopic (exact) mass is 397 g/mol. The molecule has 1 aliphatic heterocycles. The minimum Gasteiger partial charge on any atom is -0.453 e. The Bertz CT molecular complexity index is 796. The maximum absolute atomic E-state index is 12.6. The summed E-state index contributed by atoms with van der Waals surface area (Å²) < 4.78 is 5.53. The Morgan fingerprint density at radius 2 is 1.79 bits per heavy atom. The predicted molar refractivity (Wildman–Crippen MR) is 114 cm³/mol. The number of nitrogens with two attached hydrogens (primary N) is 1. The van der Waals surface area contributed by atoms with Crippen LogP contribution in [-0.2, 0) is 11.2 Å². The highest BCUT2D eigenvalue weighted by Gasteiger charge is 2.25. The van der Waals surface area contributed by atoms with Crippen LogP contribution in [0, 0.1) is 13.8 Å². The molecule has 0 unspecified atom stereocenters. The number of anilines is 1. The molecule has 3 rings (SSSR count). The molecule has 1 aromatic carbocycles. The van der Waals surface area contributed by atoms with E-state index in [1.165, 1.54) is 5.56 Å². The first kappa shape index (κ1) is 21.0. The lowest BCUT2D eigenvalue weighted by Gasteiger charge is -2.36. The zero-order valence-electron chi connectivity index (χ0n) is 17.6. The fourth-order valence-corrected chi connectivity index (χ4v) is 3.65. The van der Waals surface area contributed by atoms with Crippen molar-refractivity contribution in [2.45, 2.75) is 39.2 Å². The van der Waals surface area contributed by atoms with E-state index in [1.54, 1.807) is 13.8 Å². The number of nitrogen functional groups attached to an aromatic ring is 1. The number of hydrogen-bond acceptors (Lipinski definition) is 6. The Kier molecular flexibility index (Phi) is 7.04. The lowest BCUT2D eigenvalue weighted by Crippen LogP contribution is -2.47. The van der Waals surface area contributed by atoms with Crippen LogP contribution in [0.1, 0.15) is 29.8 Å². The smallest absolute Gasteiger partial charge is 0.317 e. The Labute approximate surface area is 172 Å². The molecule has 0 atom stereocenters. The molecule has 2 aromatic rings. The lowest BCUT2D eigenvalue weighted by atomic mass is 10.0. The first-order chi connectivity index (χ1) is 13.9. The number of aromatic nitrogens is 2. The van der Waals surface area contributed by atoms with E-state index >= 15 is 0 Å². The van der Waals surface area contributed by atoms with Gasteiger partial charge in [0, 0.05) is 32.7 Å². The quantitative estimate of drug-likeness (QED) is 0.771. The Hall–Kier alpha value is -2.67. The molecule has 0 aliphatic carbocycles. The third-order valence-electron chi connectivity index (χ3n) is 5.69. The molecule has 7 nitrogen and oxygen atoms in total. The highest BCUT2D eigenvalue weighted by molar-refractivity contribution is 5.77. The molecular formula is C22H31N5O2. The van der Waals surface area contributed by atoms with Crippen LogP contribution in [0.2, 0.25) is 0 Å². The number of amides is 1. The second kappa shape index (κ2) is 9.69. The molecule has 0 saturated carbocycles. The molecule has 1 amide bonds. The second-order valence-electron chi connectivity index (χ2n) is 7.69. The van der Waals surface area contributed by atoms with Gasteiger partial charge < -0.3 is 20.3 Å². The van der Waals surface area contributed by atoms with Crippen molar-refractivity contribution >= 4 is 11.6 Å². The lowest BCUT2D eigenvalue weighted by molar-refractivity contribution is -0.135. The zero-order valence-corrected chi connectivity index (χ0v) is 17.6. The van der Waals surface area contributed by atoms with Crippen molar-refractivity contribution in [2.24, 2.45) is 0 Å². The number of rotatable bonds is 7. The van der Waals surface area contributed by atoms with E-state index in [9.17, 15) is 4.79 Å². The fourth-order valence-electron chi connectivity index (χ4n) is 3.65. The number of likely N-dealkylation sites (tertiary alicyclic amines) is 1. The molecule has 0 bridgehead atoms. The van der Waals surface area contributed by atoms with Crippen LogP contribution < -0.4 is 10.5 Å². The van der Waals surface area contributed by atoms with Gasteiger partial charge in [0.15, 0.2) is 6.61 Å². The number of nitrogens with zero attached hydrogens (tertiary/aromatic N) is 4. The van der Waals surface area contributed by atoms with Crippen LogP contribution in [0.5, 0.6) is 6.01 Å². The van der Waals surface area contributed by atoms with Crippen molar-refractivity contribution in [3.8, 4) is 6.01 Å². The van der Waals surface area contributed by atoms with Crippen molar-refractivity contribution in [1.82, 2.24) is 19.8 Å². The van der Waals surface area contributed by atoms with Gasteiger partial charge in [-0.1, -0.05) is 30.3 Å². The summed E-state index contributed by atoms with van der Waals surface area (Å²) in [5.74, 6) is -0.0523. The number of piperidine rings is 1. The largest absolute Gasteiger partial charge is 0.453 e. The van der Waals surface area contributed by atoms with Gasteiger partial charge in [0.2, 0.25) is 0 Å². The fraction of sp³-hybridized carbons (Fsp3) is 0.500. The number of aryl methyl sites for hydroxylation is 2. The van der Waals surface area contributed by atoms with Gasteiger partial charge in [0.1, 0.15) is 0 Å². The van der Waals surface area contributed by atoms with Crippen molar-refractivity contribution in [2.75, 3.05) is 39.0 Å². The number of benzene rings is 1. The summed E-state index contributed by atoms with van der Waals surface area (Å²) in [6.45, 7) is 6.62. The minimum absolute atomic E-state index is 0.0523. The first-order valence-electron chi connectivity index (χ1n) is 10.2. The number of carbonyl (C=O) groups excluding carboxylic acids is 1. The maximum Gasteiger partial charge on any atom is 0.317 e. The van der Waals surface area contributed by atoms with Crippen LogP contribution in [0.15, 0.2) is 30.3 Å². The minimum atomic E-state index is -0.0620. The summed E-state index contributed by atoms with van der Waals surface area (Å²) in [7, 11) is 1.86. The van der Waals surface area contributed by atoms with Crippen LogP contribution in [0.25, 0.3) is 0 Å². The summed E-state index contributed by atoms with van der Waals surface area (Å²) in [4.78, 5) is 25.2. The molecule has 29 heavy (non-hydrogen) atoms. The molecular weight excluding hydrogens is 366 g/mol. The average molecular weight is 398 g/mol. The first-order valence-corrected chi connectivity index (χ1v) is 10.2. The van der Waals surface area contributed by atoms with E-state index < -0.39 is 0 Å². The molecule has 156 valence electrons. The third-order valence-corrected chi connectivity index (χ3v) is 5.69. The van der Waals surface area contributed by atoms with E-state index in [4.69, 9.17) is 10.5 Å². The summed E-state index contributed by atoms with van der Waals surface area (Å²) in [5.41, 5.74) is 9.11. The maximum atomic E-state index is 12.6. The molecule has 1 fully saturated rings. The van der Waals surface area contributed by atoms with Crippen molar-refractivity contribution in [3.05, 3.63) is 47.3 Å². The Morgan fingerprint density at radius 3 is 2.41 bits per heavy atom. The van der Waals surface area contributed by atoms with Gasteiger partial charge in [0.25, 0.3) is 5.91 Å². The molecule has 2 heterocycles. The summed E-state index contributed by atoms with van der Waals surface area (Å²) in [6.07, 6.45) is 3.02. The van der Waals surface area contributed by atoms with Crippen molar-refractivity contribution < 1.29 is 9.53 Å². The number of carbonyl (C=O) groups is 1. The average Bonchev–Trinajstić information content (AvgIpc) is 2.74. The second-order valence-corrected chi connectivity index (χ2v) is 7.69.